The number of carbonyl (C=O) groups excluding carboxylic acids is 1. The predicted molar refractivity (Wildman–Crippen MR) is 177 cm³/mol. The van der Waals surface area contributed by atoms with E-state index >= 15 is 13.2 Å². The van der Waals surface area contributed by atoms with E-state index in [0.29, 0.717) is 22.2 Å². The van der Waals surface area contributed by atoms with Gasteiger partial charge in [0.15, 0.2) is 6.17 Å². The van der Waals surface area contributed by atoms with E-state index in [9.17, 15) is 4.79 Å². The largest absolute Gasteiger partial charge is 0.444 e. The minimum absolute atomic E-state index is 0.000841. The van der Waals surface area contributed by atoms with Crippen LogP contribution < -0.4 is 0 Å². The fourth-order valence-corrected chi connectivity index (χ4v) is 12.2. The summed E-state index contributed by atoms with van der Waals surface area (Å²) >= 11 is 0. The fraction of sp³-hybridized carbons (Fsp3) is 0.583. The van der Waals surface area contributed by atoms with Gasteiger partial charge in [0.05, 0.1) is 18.8 Å². The number of alkyl halides is 3. The van der Waals surface area contributed by atoms with Gasteiger partial charge in [-0.25, -0.2) is 4.79 Å². The summed E-state index contributed by atoms with van der Waals surface area (Å²) in [6.45, 7) is 18.2. The SMILES string of the molecule is CC(C)[Si](C#CC[C@@]1(COCc2ccccc2)CN(Cc2ccccc2)[C@@H](C(F)(F)F)N1C(=O)OC(C)(C)C)(C(C)C)C(C)C. The molecular formula is C36H51F3N2O3Si. The third kappa shape index (κ3) is 8.93. The second-order valence-electron chi connectivity index (χ2n) is 14.2. The van der Waals surface area contributed by atoms with Gasteiger partial charge in [-0.05, 0) is 48.5 Å². The number of halogens is 3. The molecule has 1 aliphatic heterocycles. The summed E-state index contributed by atoms with van der Waals surface area (Å²) in [5, 5.41) is 0. The summed E-state index contributed by atoms with van der Waals surface area (Å²) in [5.74, 6) is 3.39. The second kappa shape index (κ2) is 14.7. The van der Waals surface area contributed by atoms with Gasteiger partial charge in [0.1, 0.15) is 13.7 Å². The van der Waals surface area contributed by atoms with Crippen molar-refractivity contribution in [2.24, 2.45) is 0 Å². The normalized spacial score (nSPS) is 19.7. The van der Waals surface area contributed by atoms with Crippen LogP contribution in [-0.4, -0.2) is 60.6 Å². The Morgan fingerprint density at radius 1 is 0.911 bits per heavy atom. The Morgan fingerprint density at radius 3 is 1.89 bits per heavy atom. The highest BCUT2D eigenvalue weighted by atomic mass is 28.3. The first kappa shape index (κ1) is 36.7. The van der Waals surface area contributed by atoms with Crippen LogP contribution in [0.2, 0.25) is 16.6 Å². The standard InChI is InChI=1S/C36H51F3N2O3Si/c1-27(2)45(28(3)4,29(5)6)22-16-21-35(26-43-24-31-19-14-11-15-20-31)25-40(23-30-17-12-10-13-18-30)32(36(37,38)39)41(35)33(42)44-34(7,8)9/h10-15,17-20,27-29,32H,21,23-26H2,1-9H3/t32-,35+/m1/s1. The summed E-state index contributed by atoms with van der Waals surface area (Å²) in [6.07, 6.45) is -7.96. The summed E-state index contributed by atoms with van der Waals surface area (Å²) in [6, 6.07) is 18.5. The van der Waals surface area contributed by atoms with Crippen molar-refractivity contribution >= 4 is 14.2 Å². The Balaban J connectivity index is 2.18. The van der Waals surface area contributed by atoms with Gasteiger partial charge < -0.3 is 9.47 Å². The Labute approximate surface area is 269 Å². The molecule has 0 unspecified atom stereocenters. The number of benzene rings is 2. The third-order valence-electron chi connectivity index (χ3n) is 8.78. The Hall–Kier alpha value is -2.80. The van der Waals surface area contributed by atoms with Crippen molar-refractivity contribution in [3.8, 4) is 11.5 Å². The van der Waals surface area contributed by atoms with E-state index in [1.807, 2.05) is 36.4 Å². The maximum atomic E-state index is 15.2. The molecule has 2 aromatic carbocycles. The molecule has 5 nitrogen and oxygen atoms in total. The van der Waals surface area contributed by atoms with Gasteiger partial charge in [-0.3, -0.25) is 9.80 Å². The minimum Gasteiger partial charge on any atom is -0.444 e. The predicted octanol–water partition coefficient (Wildman–Crippen LogP) is 9.19. The van der Waals surface area contributed by atoms with E-state index < -0.39 is 37.6 Å². The van der Waals surface area contributed by atoms with Crippen molar-refractivity contribution in [2.45, 2.75) is 122 Å². The van der Waals surface area contributed by atoms with E-state index in [4.69, 9.17) is 9.47 Å². The van der Waals surface area contributed by atoms with Crippen LogP contribution in [0.5, 0.6) is 0 Å². The molecule has 2 atom stereocenters. The fourth-order valence-electron chi connectivity index (χ4n) is 6.92. The van der Waals surface area contributed by atoms with Gasteiger partial charge in [-0.15, -0.1) is 11.5 Å². The highest BCUT2D eigenvalue weighted by molar-refractivity contribution is 6.90. The van der Waals surface area contributed by atoms with Crippen molar-refractivity contribution in [3.05, 3.63) is 71.8 Å². The third-order valence-corrected chi connectivity index (χ3v) is 15.1. The van der Waals surface area contributed by atoms with Gasteiger partial charge in [0, 0.05) is 19.5 Å². The monoisotopic (exact) mass is 644 g/mol. The lowest BCUT2D eigenvalue weighted by Crippen LogP contribution is -2.59. The average molecular weight is 645 g/mol. The van der Waals surface area contributed by atoms with Crippen LogP contribution in [0.1, 0.15) is 79.9 Å². The zero-order valence-electron chi connectivity index (χ0n) is 28.4. The number of carbonyl (C=O) groups is 1. The molecule has 45 heavy (non-hydrogen) atoms. The average Bonchev–Trinajstić information content (AvgIpc) is 3.25. The number of nitrogens with zero attached hydrogens (tertiary/aromatic N) is 2. The molecule has 248 valence electrons. The summed E-state index contributed by atoms with van der Waals surface area (Å²) in [7, 11) is -2.21. The summed E-state index contributed by atoms with van der Waals surface area (Å²) in [5.41, 5.74) is 3.90. The topological polar surface area (TPSA) is 42.0 Å². The van der Waals surface area contributed by atoms with E-state index in [2.05, 4.69) is 53.0 Å². The van der Waals surface area contributed by atoms with Gasteiger partial charge in [-0.2, -0.15) is 13.2 Å². The lowest BCUT2D eigenvalue weighted by Gasteiger charge is -2.40. The molecule has 3 rings (SSSR count). The molecule has 1 saturated heterocycles. The molecular weight excluding hydrogens is 593 g/mol. The van der Waals surface area contributed by atoms with Crippen LogP contribution in [0.25, 0.3) is 0 Å². The number of amides is 1. The highest BCUT2D eigenvalue weighted by Gasteiger charge is 2.63. The number of rotatable bonds is 10. The van der Waals surface area contributed by atoms with E-state index in [0.717, 1.165) is 10.5 Å². The molecule has 0 radical (unpaired) electrons. The van der Waals surface area contributed by atoms with Crippen molar-refractivity contribution in [1.29, 1.82) is 0 Å². The molecule has 0 bridgehead atoms. The first-order valence-electron chi connectivity index (χ1n) is 15.9. The Kier molecular flexibility index (Phi) is 12.0. The highest BCUT2D eigenvalue weighted by Crippen LogP contribution is 2.44. The quantitative estimate of drug-likeness (QED) is 0.191. The van der Waals surface area contributed by atoms with Crippen molar-refractivity contribution in [2.75, 3.05) is 13.2 Å². The molecule has 0 N–H and O–H groups in total. The van der Waals surface area contributed by atoms with Gasteiger partial charge >= 0.3 is 12.3 Å². The molecule has 0 aromatic heterocycles. The van der Waals surface area contributed by atoms with Crippen molar-refractivity contribution in [3.63, 3.8) is 0 Å². The van der Waals surface area contributed by atoms with Gasteiger partial charge in [0.25, 0.3) is 0 Å². The van der Waals surface area contributed by atoms with Gasteiger partial charge in [-0.1, -0.05) is 102 Å². The molecule has 1 heterocycles. The molecule has 0 saturated carbocycles. The number of hydrogen-bond donors (Lipinski definition) is 0. The zero-order valence-corrected chi connectivity index (χ0v) is 29.4. The van der Waals surface area contributed by atoms with E-state index in [1.54, 1.807) is 45.0 Å². The van der Waals surface area contributed by atoms with Crippen LogP contribution in [0.3, 0.4) is 0 Å². The maximum Gasteiger partial charge on any atom is 0.422 e. The summed E-state index contributed by atoms with van der Waals surface area (Å²) < 4.78 is 57.4. The van der Waals surface area contributed by atoms with Crippen LogP contribution in [0, 0.1) is 11.5 Å². The first-order chi connectivity index (χ1) is 20.9. The van der Waals surface area contributed by atoms with Gasteiger partial charge in [0.2, 0.25) is 0 Å². The number of hydrogen-bond acceptors (Lipinski definition) is 4. The van der Waals surface area contributed by atoms with Crippen LogP contribution in [0.4, 0.5) is 18.0 Å². The lowest BCUT2D eigenvalue weighted by molar-refractivity contribution is -0.211. The van der Waals surface area contributed by atoms with E-state index in [1.165, 1.54) is 4.90 Å². The zero-order chi connectivity index (χ0) is 33.6. The smallest absolute Gasteiger partial charge is 0.422 e. The summed E-state index contributed by atoms with van der Waals surface area (Å²) in [4.78, 5) is 16.1. The second-order valence-corrected chi connectivity index (χ2v) is 19.8. The maximum absolute atomic E-state index is 15.2. The number of ether oxygens (including phenoxy) is 2. The van der Waals surface area contributed by atoms with Crippen LogP contribution >= 0.6 is 0 Å². The molecule has 9 heteroatoms. The van der Waals surface area contributed by atoms with Crippen LogP contribution in [0.15, 0.2) is 60.7 Å². The Morgan fingerprint density at radius 2 is 1.42 bits per heavy atom. The minimum atomic E-state index is -4.76. The molecule has 1 amide bonds. The van der Waals surface area contributed by atoms with Crippen molar-refractivity contribution in [1.82, 2.24) is 9.80 Å². The van der Waals surface area contributed by atoms with Crippen LogP contribution in [-0.2, 0) is 22.6 Å². The lowest BCUT2D eigenvalue weighted by atomic mass is 9.95. The van der Waals surface area contributed by atoms with Crippen molar-refractivity contribution < 1.29 is 27.4 Å². The van der Waals surface area contributed by atoms with E-state index in [-0.39, 0.29) is 32.7 Å². The Bertz CT molecular complexity index is 1280. The molecule has 0 aliphatic carbocycles. The molecule has 0 spiro atoms. The molecule has 1 aliphatic rings. The molecule has 2 aromatic rings. The molecule has 1 fully saturated rings. The first-order valence-corrected chi connectivity index (χ1v) is 18.1.